The van der Waals surface area contributed by atoms with Crippen LogP contribution in [-0.4, -0.2) is 33.2 Å². The first kappa shape index (κ1) is 16.9. The van der Waals surface area contributed by atoms with Crippen molar-refractivity contribution in [2.75, 3.05) is 0 Å². The van der Waals surface area contributed by atoms with E-state index in [9.17, 15) is 4.79 Å². The van der Waals surface area contributed by atoms with Gasteiger partial charge in [-0.1, -0.05) is 5.16 Å². The highest BCUT2D eigenvalue weighted by molar-refractivity contribution is 5.96. The molecule has 1 aliphatic carbocycles. The van der Waals surface area contributed by atoms with Crippen LogP contribution in [0.3, 0.4) is 0 Å². The smallest absolute Gasteiger partial charge is 0.257 e. The van der Waals surface area contributed by atoms with E-state index in [1.165, 1.54) is 12.4 Å². The number of aromatic nitrogens is 3. The van der Waals surface area contributed by atoms with E-state index in [-0.39, 0.29) is 29.6 Å². The Labute approximate surface area is 145 Å². The molecule has 2 aromatic heterocycles. The van der Waals surface area contributed by atoms with Gasteiger partial charge in [0.05, 0.1) is 5.69 Å². The van der Waals surface area contributed by atoms with Gasteiger partial charge in [-0.3, -0.25) is 4.79 Å². The second-order valence-electron chi connectivity index (χ2n) is 6.09. The lowest BCUT2D eigenvalue weighted by molar-refractivity contribution is 0.0887. The molecule has 0 atom stereocenters. The Morgan fingerprint density at radius 3 is 2.64 bits per heavy atom. The van der Waals surface area contributed by atoms with E-state index in [1.807, 2.05) is 6.07 Å². The van der Waals surface area contributed by atoms with Crippen LogP contribution in [0.2, 0.25) is 0 Å². The molecule has 2 heterocycles. The Morgan fingerprint density at radius 1 is 1.28 bits per heavy atom. The highest BCUT2D eigenvalue weighted by atomic mass is 16.5. The summed E-state index contributed by atoms with van der Waals surface area (Å²) in [5.74, 6) is 0.647. The van der Waals surface area contributed by atoms with E-state index in [0.717, 1.165) is 25.7 Å². The van der Waals surface area contributed by atoms with E-state index < -0.39 is 0 Å². The summed E-state index contributed by atoms with van der Waals surface area (Å²) in [6, 6.07) is 2.06. The molecule has 3 rings (SSSR count). The molecule has 8 heteroatoms. The molecule has 0 radical (unpaired) electrons. The number of ether oxygens (including phenoxy) is 1. The van der Waals surface area contributed by atoms with Crippen molar-refractivity contribution >= 4 is 5.91 Å². The molecule has 1 aliphatic rings. The Morgan fingerprint density at radius 2 is 2.00 bits per heavy atom. The summed E-state index contributed by atoms with van der Waals surface area (Å²) in [7, 11) is 0. The van der Waals surface area contributed by atoms with Crippen molar-refractivity contribution in [3.8, 4) is 11.9 Å². The maximum absolute atomic E-state index is 12.4. The van der Waals surface area contributed by atoms with Gasteiger partial charge in [0.1, 0.15) is 23.5 Å². The van der Waals surface area contributed by atoms with Crippen molar-refractivity contribution in [1.82, 2.24) is 20.4 Å². The molecule has 0 bridgehead atoms. The van der Waals surface area contributed by atoms with Crippen LogP contribution in [0.5, 0.6) is 5.88 Å². The van der Waals surface area contributed by atoms with E-state index in [2.05, 4.69) is 20.4 Å². The zero-order chi connectivity index (χ0) is 17.8. The molecule has 130 valence electrons. The molecular weight excluding hydrogens is 322 g/mol. The van der Waals surface area contributed by atoms with Crippen LogP contribution in [0, 0.1) is 25.2 Å². The number of hydrogen-bond acceptors (Lipinski definition) is 7. The normalized spacial score (nSPS) is 19.9. The van der Waals surface area contributed by atoms with Crippen LogP contribution >= 0.6 is 0 Å². The minimum atomic E-state index is -0.152. The number of aryl methyl sites for hydroxylation is 2. The van der Waals surface area contributed by atoms with Crippen molar-refractivity contribution in [3.05, 3.63) is 35.1 Å². The summed E-state index contributed by atoms with van der Waals surface area (Å²) in [4.78, 5) is 20.4. The van der Waals surface area contributed by atoms with Crippen LogP contribution in [0.4, 0.5) is 0 Å². The zero-order valence-corrected chi connectivity index (χ0v) is 14.2. The minimum absolute atomic E-state index is 0.0315. The van der Waals surface area contributed by atoms with Gasteiger partial charge in [-0.05, 0) is 39.5 Å². The summed E-state index contributed by atoms with van der Waals surface area (Å²) in [6.45, 7) is 3.48. The molecule has 0 unspecified atom stereocenters. The first-order valence-corrected chi connectivity index (χ1v) is 8.20. The molecule has 0 saturated heterocycles. The topological polar surface area (TPSA) is 114 Å². The number of nitrogens with one attached hydrogen (secondary N) is 1. The molecule has 0 spiro atoms. The summed E-state index contributed by atoms with van der Waals surface area (Å²) in [5.41, 5.74) is 1.30. The molecule has 2 aromatic rings. The van der Waals surface area contributed by atoms with E-state index in [1.54, 1.807) is 13.8 Å². The maximum Gasteiger partial charge on any atom is 0.257 e. The van der Waals surface area contributed by atoms with Crippen LogP contribution in [0.25, 0.3) is 0 Å². The predicted octanol–water partition coefficient (Wildman–Crippen LogP) is 2.07. The Kier molecular flexibility index (Phi) is 4.93. The summed E-state index contributed by atoms with van der Waals surface area (Å²) < 4.78 is 10.8. The Balaban J connectivity index is 1.54. The first-order valence-electron chi connectivity index (χ1n) is 8.20. The Hall–Kier alpha value is -2.95. The van der Waals surface area contributed by atoms with Gasteiger partial charge in [0.25, 0.3) is 11.8 Å². The van der Waals surface area contributed by atoms with Gasteiger partial charge in [-0.25, -0.2) is 9.97 Å². The lowest BCUT2D eigenvalue weighted by Crippen LogP contribution is -2.40. The van der Waals surface area contributed by atoms with Crippen LogP contribution in [-0.2, 0) is 0 Å². The number of nitriles is 1. The van der Waals surface area contributed by atoms with Gasteiger partial charge in [-0.2, -0.15) is 5.26 Å². The molecule has 25 heavy (non-hydrogen) atoms. The van der Waals surface area contributed by atoms with Gasteiger partial charge in [-0.15, -0.1) is 0 Å². The van der Waals surface area contributed by atoms with Gasteiger partial charge >= 0.3 is 0 Å². The lowest BCUT2D eigenvalue weighted by Gasteiger charge is -2.29. The molecular formula is C17H19N5O3. The molecule has 1 saturated carbocycles. The van der Waals surface area contributed by atoms with E-state index in [4.69, 9.17) is 14.5 Å². The zero-order valence-electron chi connectivity index (χ0n) is 14.2. The lowest BCUT2D eigenvalue weighted by atomic mass is 9.92. The molecule has 8 nitrogen and oxygen atoms in total. The average Bonchev–Trinajstić information content (AvgIpc) is 2.95. The minimum Gasteiger partial charge on any atom is -0.472 e. The van der Waals surface area contributed by atoms with Crippen LogP contribution in [0.15, 0.2) is 16.9 Å². The van der Waals surface area contributed by atoms with E-state index >= 15 is 0 Å². The van der Waals surface area contributed by atoms with Crippen LogP contribution < -0.4 is 10.1 Å². The largest absolute Gasteiger partial charge is 0.472 e. The number of carbonyl (C=O) groups excluding carboxylic acids is 1. The van der Waals surface area contributed by atoms with Crippen molar-refractivity contribution in [2.24, 2.45) is 0 Å². The summed E-state index contributed by atoms with van der Waals surface area (Å²) >= 11 is 0. The highest BCUT2D eigenvalue weighted by Gasteiger charge is 2.26. The third-order valence-corrected chi connectivity index (χ3v) is 4.32. The third kappa shape index (κ3) is 3.76. The van der Waals surface area contributed by atoms with Gasteiger partial charge in [0, 0.05) is 18.4 Å². The third-order valence-electron chi connectivity index (χ3n) is 4.32. The van der Waals surface area contributed by atoms with Gasteiger partial charge in [0.15, 0.2) is 0 Å². The van der Waals surface area contributed by atoms with Crippen molar-refractivity contribution < 1.29 is 14.1 Å². The summed E-state index contributed by atoms with van der Waals surface area (Å²) in [5, 5.41) is 15.9. The average molecular weight is 341 g/mol. The number of hydrogen-bond donors (Lipinski definition) is 1. The molecule has 0 aromatic carbocycles. The maximum atomic E-state index is 12.4. The molecule has 1 amide bonds. The summed E-state index contributed by atoms with van der Waals surface area (Å²) in [6.07, 6.45) is 6.07. The molecule has 0 aliphatic heterocycles. The quantitative estimate of drug-likeness (QED) is 0.905. The molecule has 1 fully saturated rings. The standard InChI is InChI=1S/C17H19N5O3/c1-10-15(11(2)25-22-10)16(23)21-12-3-5-13(6-4-12)24-17-14(9-18)19-7-8-20-17/h7-8,12-13H,3-6H2,1-2H3,(H,21,23). The van der Waals surface area contributed by atoms with Gasteiger partial charge in [0.2, 0.25) is 5.69 Å². The van der Waals surface area contributed by atoms with E-state index in [0.29, 0.717) is 17.0 Å². The number of carbonyl (C=O) groups is 1. The predicted molar refractivity (Wildman–Crippen MR) is 86.9 cm³/mol. The fourth-order valence-corrected chi connectivity index (χ4v) is 3.04. The highest BCUT2D eigenvalue weighted by Crippen LogP contribution is 2.24. The number of amides is 1. The fourth-order valence-electron chi connectivity index (χ4n) is 3.04. The molecule has 1 N–H and O–H groups in total. The monoisotopic (exact) mass is 341 g/mol. The van der Waals surface area contributed by atoms with Crippen molar-refractivity contribution in [3.63, 3.8) is 0 Å². The van der Waals surface area contributed by atoms with Gasteiger partial charge < -0.3 is 14.6 Å². The number of rotatable bonds is 4. The van der Waals surface area contributed by atoms with Crippen molar-refractivity contribution in [2.45, 2.75) is 51.7 Å². The Bertz CT molecular complexity index is 783. The fraction of sp³-hybridized carbons (Fsp3) is 0.471. The first-order chi connectivity index (χ1) is 12.1. The second kappa shape index (κ2) is 7.30. The van der Waals surface area contributed by atoms with Crippen LogP contribution in [0.1, 0.15) is 53.2 Å². The second-order valence-corrected chi connectivity index (χ2v) is 6.09. The number of nitrogens with zero attached hydrogens (tertiary/aromatic N) is 4. The SMILES string of the molecule is Cc1noc(C)c1C(=O)NC1CCC(Oc2nccnc2C#N)CC1. The van der Waals surface area contributed by atoms with Crippen molar-refractivity contribution in [1.29, 1.82) is 5.26 Å².